The molecule has 2 N–H and O–H groups in total. The van der Waals surface area contributed by atoms with Gasteiger partial charge < -0.3 is 14.9 Å². The fourth-order valence-electron chi connectivity index (χ4n) is 2.67. The molecule has 0 saturated heterocycles. The van der Waals surface area contributed by atoms with Crippen molar-refractivity contribution in [3.63, 3.8) is 0 Å². The molecule has 3 aromatic rings. The molecular formula is C21H17BrO4. The van der Waals surface area contributed by atoms with Crippen molar-refractivity contribution in [3.8, 4) is 22.6 Å². The van der Waals surface area contributed by atoms with E-state index in [2.05, 4.69) is 15.9 Å². The predicted molar refractivity (Wildman–Crippen MR) is 104 cm³/mol. The summed E-state index contributed by atoms with van der Waals surface area (Å²) in [6.45, 7) is 1.87. The Morgan fingerprint density at radius 3 is 2.15 bits per heavy atom. The lowest BCUT2D eigenvalue weighted by Crippen LogP contribution is -2.03. The van der Waals surface area contributed by atoms with Gasteiger partial charge in [0.2, 0.25) is 0 Å². The second-order valence-corrected chi connectivity index (χ2v) is 6.86. The summed E-state index contributed by atoms with van der Waals surface area (Å²) in [7, 11) is 0. The fraction of sp³-hybridized carbons (Fsp3) is 0.0952. The van der Waals surface area contributed by atoms with Crippen molar-refractivity contribution in [1.82, 2.24) is 0 Å². The maximum atomic E-state index is 11.2. The summed E-state index contributed by atoms with van der Waals surface area (Å²) in [6.07, 6.45) is 0. The molecule has 0 amide bonds. The van der Waals surface area contributed by atoms with Crippen LogP contribution in [0.2, 0.25) is 0 Å². The molecule has 3 aromatic carbocycles. The molecule has 0 bridgehead atoms. The Labute approximate surface area is 159 Å². The summed E-state index contributed by atoms with van der Waals surface area (Å²) in [5, 5.41) is 19.3. The summed E-state index contributed by atoms with van der Waals surface area (Å²) in [5.41, 5.74) is 3.25. The number of benzene rings is 3. The molecule has 0 aliphatic rings. The minimum atomic E-state index is -1.16. The number of halogens is 1. The van der Waals surface area contributed by atoms with E-state index in [1.54, 1.807) is 13.0 Å². The number of aromatic hydroxyl groups is 1. The topological polar surface area (TPSA) is 66.8 Å². The van der Waals surface area contributed by atoms with Crippen LogP contribution in [-0.2, 0) is 6.61 Å². The highest BCUT2D eigenvalue weighted by molar-refractivity contribution is 9.10. The number of phenols is 1. The molecule has 0 aromatic heterocycles. The molecule has 0 saturated carbocycles. The van der Waals surface area contributed by atoms with Gasteiger partial charge in [0.25, 0.3) is 0 Å². The first-order valence-electron chi connectivity index (χ1n) is 7.98. The second kappa shape index (κ2) is 7.62. The van der Waals surface area contributed by atoms with Gasteiger partial charge in [0, 0.05) is 10.0 Å². The van der Waals surface area contributed by atoms with Crippen molar-refractivity contribution >= 4 is 21.9 Å². The van der Waals surface area contributed by atoms with Gasteiger partial charge in [0.15, 0.2) is 0 Å². The first-order valence-corrected chi connectivity index (χ1v) is 8.78. The maximum absolute atomic E-state index is 11.2. The smallest absolute Gasteiger partial charge is 0.339 e. The van der Waals surface area contributed by atoms with Crippen molar-refractivity contribution in [2.75, 3.05) is 0 Å². The van der Waals surface area contributed by atoms with E-state index in [-0.39, 0.29) is 17.9 Å². The van der Waals surface area contributed by atoms with Gasteiger partial charge >= 0.3 is 5.97 Å². The zero-order valence-electron chi connectivity index (χ0n) is 14.1. The van der Waals surface area contributed by atoms with Gasteiger partial charge in [-0.2, -0.15) is 0 Å². The van der Waals surface area contributed by atoms with E-state index in [0.717, 1.165) is 21.2 Å². The summed E-state index contributed by atoms with van der Waals surface area (Å²) in [5.74, 6) is -0.774. The number of carboxylic acids is 1. The molecule has 0 unspecified atom stereocenters. The average molecular weight is 413 g/mol. The van der Waals surface area contributed by atoms with E-state index < -0.39 is 5.97 Å². The fourth-order valence-corrected chi connectivity index (χ4v) is 2.94. The molecule has 0 spiro atoms. The number of hydrogen-bond donors (Lipinski definition) is 2. The molecular weight excluding hydrogens is 396 g/mol. The molecule has 0 atom stereocenters. The number of rotatable bonds is 5. The predicted octanol–water partition coefficient (Wildman–Crippen LogP) is 5.41. The van der Waals surface area contributed by atoms with Crippen molar-refractivity contribution in [2.45, 2.75) is 13.5 Å². The van der Waals surface area contributed by atoms with Crippen molar-refractivity contribution in [2.24, 2.45) is 0 Å². The van der Waals surface area contributed by atoms with Crippen molar-refractivity contribution in [1.29, 1.82) is 0 Å². The standard InChI is InChI=1S/C21H17BrO4/c1-13-10-16(20(23)19(11-13)21(24)25)12-26-18-8-4-15(5-9-18)14-2-6-17(22)7-3-14/h2-11,23H,12H2,1H3,(H,24,25). The minimum absolute atomic E-state index is 0.0887. The largest absolute Gasteiger partial charge is 0.507 e. The van der Waals surface area contributed by atoms with E-state index >= 15 is 0 Å². The van der Waals surface area contributed by atoms with Gasteiger partial charge in [-0.05, 0) is 60.0 Å². The van der Waals surface area contributed by atoms with Gasteiger partial charge in [-0.1, -0.05) is 40.2 Å². The van der Waals surface area contributed by atoms with Crippen LogP contribution in [0.25, 0.3) is 11.1 Å². The third-order valence-electron chi connectivity index (χ3n) is 3.99. The molecule has 0 aliphatic carbocycles. The zero-order chi connectivity index (χ0) is 18.7. The lowest BCUT2D eigenvalue weighted by atomic mass is 10.0. The highest BCUT2D eigenvalue weighted by atomic mass is 79.9. The Bertz CT molecular complexity index is 931. The van der Waals surface area contributed by atoms with Crippen LogP contribution in [0.5, 0.6) is 11.5 Å². The molecule has 132 valence electrons. The van der Waals surface area contributed by atoms with Crippen LogP contribution in [0.3, 0.4) is 0 Å². The van der Waals surface area contributed by atoms with Gasteiger partial charge in [-0.25, -0.2) is 4.79 Å². The monoisotopic (exact) mass is 412 g/mol. The molecule has 3 rings (SSSR count). The van der Waals surface area contributed by atoms with E-state index in [1.807, 2.05) is 48.5 Å². The molecule has 26 heavy (non-hydrogen) atoms. The number of ether oxygens (including phenoxy) is 1. The Morgan fingerprint density at radius 1 is 1.00 bits per heavy atom. The molecule has 0 heterocycles. The first-order chi connectivity index (χ1) is 12.4. The number of carbonyl (C=O) groups is 1. The maximum Gasteiger partial charge on any atom is 0.339 e. The molecule has 5 heteroatoms. The summed E-state index contributed by atoms with van der Waals surface area (Å²) in [6, 6.07) is 18.8. The molecule has 4 nitrogen and oxygen atoms in total. The van der Waals surface area contributed by atoms with Crippen LogP contribution >= 0.6 is 15.9 Å². The first kappa shape index (κ1) is 18.0. The Balaban J connectivity index is 1.74. The van der Waals surface area contributed by atoms with E-state index in [0.29, 0.717) is 11.3 Å². The summed E-state index contributed by atoms with van der Waals surface area (Å²) < 4.78 is 6.74. The van der Waals surface area contributed by atoms with Crippen LogP contribution < -0.4 is 4.74 Å². The lowest BCUT2D eigenvalue weighted by Gasteiger charge is -2.11. The van der Waals surface area contributed by atoms with Crippen LogP contribution in [-0.4, -0.2) is 16.2 Å². The third kappa shape index (κ3) is 4.06. The summed E-state index contributed by atoms with van der Waals surface area (Å²) in [4.78, 5) is 11.2. The molecule has 0 aliphatic heterocycles. The van der Waals surface area contributed by atoms with Gasteiger partial charge in [-0.15, -0.1) is 0 Å². The SMILES string of the molecule is Cc1cc(COc2ccc(-c3ccc(Br)cc3)cc2)c(O)c(C(=O)O)c1. The van der Waals surface area contributed by atoms with Gasteiger partial charge in [0.1, 0.15) is 23.7 Å². The number of carboxylic acid groups (broad SMARTS) is 1. The number of aromatic carboxylic acids is 1. The van der Waals surface area contributed by atoms with E-state index in [1.165, 1.54) is 6.07 Å². The van der Waals surface area contributed by atoms with Crippen LogP contribution in [0, 0.1) is 6.92 Å². The second-order valence-electron chi connectivity index (χ2n) is 5.95. The number of aryl methyl sites for hydroxylation is 1. The van der Waals surface area contributed by atoms with Crippen molar-refractivity contribution in [3.05, 3.63) is 81.8 Å². The quantitative estimate of drug-likeness (QED) is 0.587. The molecule has 0 radical (unpaired) electrons. The lowest BCUT2D eigenvalue weighted by molar-refractivity contribution is 0.0693. The minimum Gasteiger partial charge on any atom is -0.507 e. The van der Waals surface area contributed by atoms with Crippen LogP contribution in [0.1, 0.15) is 21.5 Å². The average Bonchev–Trinajstić information content (AvgIpc) is 2.63. The summed E-state index contributed by atoms with van der Waals surface area (Å²) >= 11 is 3.42. The van der Waals surface area contributed by atoms with E-state index in [9.17, 15) is 9.90 Å². The highest BCUT2D eigenvalue weighted by Gasteiger charge is 2.15. The van der Waals surface area contributed by atoms with Crippen LogP contribution in [0.4, 0.5) is 0 Å². The van der Waals surface area contributed by atoms with Crippen molar-refractivity contribution < 1.29 is 19.7 Å². The van der Waals surface area contributed by atoms with Gasteiger partial charge in [0.05, 0.1) is 0 Å². The third-order valence-corrected chi connectivity index (χ3v) is 4.52. The molecule has 0 fully saturated rings. The Morgan fingerprint density at radius 2 is 1.58 bits per heavy atom. The van der Waals surface area contributed by atoms with E-state index in [4.69, 9.17) is 9.84 Å². The Hall–Kier alpha value is -2.79. The zero-order valence-corrected chi connectivity index (χ0v) is 15.7. The Kier molecular flexibility index (Phi) is 5.28. The van der Waals surface area contributed by atoms with Gasteiger partial charge in [-0.3, -0.25) is 0 Å². The highest BCUT2D eigenvalue weighted by Crippen LogP contribution is 2.27. The number of hydrogen-bond acceptors (Lipinski definition) is 3. The van der Waals surface area contributed by atoms with Crippen LogP contribution in [0.15, 0.2) is 65.1 Å². The normalized spacial score (nSPS) is 10.5.